The molecule has 0 aliphatic carbocycles. The van der Waals surface area contributed by atoms with Crippen molar-refractivity contribution in [2.45, 2.75) is 6.54 Å². The van der Waals surface area contributed by atoms with Gasteiger partial charge in [-0.05, 0) is 17.7 Å². The Morgan fingerprint density at radius 3 is 2.62 bits per heavy atom. The summed E-state index contributed by atoms with van der Waals surface area (Å²) >= 11 is 5.77. The van der Waals surface area contributed by atoms with Gasteiger partial charge in [-0.2, -0.15) is 5.10 Å². The first-order valence-corrected chi connectivity index (χ1v) is 5.03. The van der Waals surface area contributed by atoms with Gasteiger partial charge in [0.1, 0.15) is 6.54 Å². The fourth-order valence-corrected chi connectivity index (χ4v) is 1.51. The van der Waals surface area contributed by atoms with E-state index in [1.807, 2.05) is 12.1 Å². The Morgan fingerprint density at radius 2 is 2.00 bits per heavy atom. The number of benzene rings is 1. The second-order valence-corrected chi connectivity index (χ2v) is 3.76. The van der Waals surface area contributed by atoms with Gasteiger partial charge < -0.3 is 5.11 Å². The van der Waals surface area contributed by atoms with E-state index in [-0.39, 0.29) is 6.54 Å². The number of aliphatic carboxylic acids is 1. The summed E-state index contributed by atoms with van der Waals surface area (Å²) in [5, 5.41) is 13.2. The molecule has 1 aromatic carbocycles. The Labute approximate surface area is 97.1 Å². The fourth-order valence-electron chi connectivity index (χ4n) is 1.38. The first-order valence-electron chi connectivity index (χ1n) is 4.65. The van der Waals surface area contributed by atoms with Gasteiger partial charge in [-0.25, -0.2) is 0 Å². The number of rotatable bonds is 3. The van der Waals surface area contributed by atoms with Crippen molar-refractivity contribution in [2.75, 3.05) is 0 Å². The maximum Gasteiger partial charge on any atom is 0.325 e. The van der Waals surface area contributed by atoms with Gasteiger partial charge in [0.15, 0.2) is 0 Å². The third kappa shape index (κ3) is 2.41. The van der Waals surface area contributed by atoms with Crippen molar-refractivity contribution in [3.8, 4) is 11.1 Å². The summed E-state index contributed by atoms with van der Waals surface area (Å²) in [6, 6.07) is 7.30. The van der Waals surface area contributed by atoms with Crippen LogP contribution in [0.2, 0.25) is 5.02 Å². The molecule has 2 rings (SSSR count). The number of hydrogen-bond acceptors (Lipinski definition) is 2. The molecule has 0 bridgehead atoms. The van der Waals surface area contributed by atoms with Crippen LogP contribution in [0.15, 0.2) is 36.7 Å². The minimum Gasteiger partial charge on any atom is -0.480 e. The molecule has 0 fully saturated rings. The van der Waals surface area contributed by atoms with Crippen molar-refractivity contribution >= 4 is 17.6 Å². The van der Waals surface area contributed by atoms with Gasteiger partial charge in [0.05, 0.1) is 6.20 Å². The van der Waals surface area contributed by atoms with Crippen LogP contribution in [0.3, 0.4) is 0 Å². The first-order chi connectivity index (χ1) is 7.65. The van der Waals surface area contributed by atoms with Gasteiger partial charge in [-0.3, -0.25) is 9.48 Å². The standard InChI is InChI=1S/C11H9ClN2O2/c12-10-3-1-8(2-4-10)9-5-13-14(6-9)7-11(15)16/h1-6H,7H2,(H,15,16). The van der Waals surface area contributed by atoms with Gasteiger partial charge in [-0.1, -0.05) is 23.7 Å². The molecule has 0 saturated heterocycles. The molecule has 16 heavy (non-hydrogen) atoms. The number of carboxylic acid groups (broad SMARTS) is 1. The lowest BCUT2D eigenvalue weighted by Gasteiger charge is -1.96. The quantitative estimate of drug-likeness (QED) is 0.890. The van der Waals surface area contributed by atoms with Crippen molar-refractivity contribution in [3.63, 3.8) is 0 Å². The van der Waals surface area contributed by atoms with Gasteiger partial charge in [0.2, 0.25) is 0 Å². The van der Waals surface area contributed by atoms with Crippen molar-refractivity contribution < 1.29 is 9.90 Å². The highest BCUT2D eigenvalue weighted by molar-refractivity contribution is 6.30. The average molecular weight is 237 g/mol. The predicted molar refractivity (Wildman–Crippen MR) is 60.3 cm³/mol. The molecular formula is C11H9ClN2O2. The Hall–Kier alpha value is -1.81. The zero-order chi connectivity index (χ0) is 11.5. The zero-order valence-electron chi connectivity index (χ0n) is 8.30. The molecule has 0 aliphatic rings. The number of halogens is 1. The fraction of sp³-hybridized carbons (Fsp3) is 0.0909. The molecule has 0 radical (unpaired) electrons. The number of carbonyl (C=O) groups is 1. The summed E-state index contributed by atoms with van der Waals surface area (Å²) in [7, 11) is 0. The number of carboxylic acids is 1. The van der Waals surface area contributed by atoms with Crippen LogP contribution in [0.5, 0.6) is 0 Å². The lowest BCUT2D eigenvalue weighted by molar-refractivity contribution is -0.137. The topological polar surface area (TPSA) is 55.1 Å². The van der Waals surface area contributed by atoms with Gasteiger partial charge >= 0.3 is 5.97 Å². The van der Waals surface area contributed by atoms with Crippen molar-refractivity contribution in [1.82, 2.24) is 9.78 Å². The second-order valence-electron chi connectivity index (χ2n) is 3.33. The van der Waals surface area contributed by atoms with Crippen LogP contribution >= 0.6 is 11.6 Å². The lowest BCUT2D eigenvalue weighted by Crippen LogP contribution is -2.08. The Kier molecular flexibility index (Phi) is 2.92. The van der Waals surface area contributed by atoms with E-state index in [0.29, 0.717) is 5.02 Å². The first kappa shape index (κ1) is 10.7. The molecule has 0 spiro atoms. The lowest BCUT2D eigenvalue weighted by atomic mass is 10.1. The number of hydrogen-bond donors (Lipinski definition) is 1. The molecule has 1 N–H and O–H groups in total. The summed E-state index contributed by atoms with van der Waals surface area (Å²) in [4.78, 5) is 10.5. The largest absolute Gasteiger partial charge is 0.480 e. The number of nitrogens with zero attached hydrogens (tertiary/aromatic N) is 2. The van der Waals surface area contributed by atoms with Gasteiger partial charge in [-0.15, -0.1) is 0 Å². The summed E-state index contributed by atoms with van der Waals surface area (Å²) < 4.78 is 1.38. The van der Waals surface area contributed by atoms with Crippen LogP contribution in [-0.2, 0) is 11.3 Å². The summed E-state index contributed by atoms with van der Waals surface area (Å²) in [6.45, 7) is -0.131. The summed E-state index contributed by atoms with van der Waals surface area (Å²) in [6.07, 6.45) is 3.32. The Balaban J connectivity index is 2.24. The average Bonchev–Trinajstić information content (AvgIpc) is 2.66. The molecule has 1 aromatic heterocycles. The van der Waals surface area contributed by atoms with Crippen LogP contribution < -0.4 is 0 Å². The molecule has 0 atom stereocenters. The van der Waals surface area contributed by atoms with Crippen LogP contribution in [0.1, 0.15) is 0 Å². The molecule has 0 saturated carbocycles. The van der Waals surface area contributed by atoms with E-state index in [0.717, 1.165) is 11.1 Å². The minimum absolute atomic E-state index is 0.131. The van der Waals surface area contributed by atoms with Crippen LogP contribution in [-0.4, -0.2) is 20.9 Å². The summed E-state index contributed by atoms with van der Waals surface area (Å²) in [5.41, 5.74) is 1.83. The molecule has 82 valence electrons. The molecule has 4 nitrogen and oxygen atoms in total. The second kappa shape index (κ2) is 4.37. The maximum atomic E-state index is 10.5. The zero-order valence-corrected chi connectivity index (χ0v) is 9.05. The van der Waals surface area contributed by atoms with Crippen molar-refractivity contribution in [3.05, 3.63) is 41.7 Å². The van der Waals surface area contributed by atoms with Crippen molar-refractivity contribution in [1.29, 1.82) is 0 Å². The van der Waals surface area contributed by atoms with E-state index in [9.17, 15) is 4.79 Å². The molecule has 2 aromatic rings. The monoisotopic (exact) mass is 236 g/mol. The highest BCUT2D eigenvalue weighted by Gasteiger charge is 2.04. The Morgan fingerprint density at radius 1 is 1.31 bits per heavy atom. The highest BCUT2D eigenvalue weighted by atomic mass is 35.5. The number of aromatic nitrogens is 2. The smallest absolute Gasteiger partial charge is 0.325 e. The molecular weight excluding hydrogens is 228 g/mol. The SMILES string of the molecule is O=C(O)Cn1cc(-c2ccc(Cl)cc2)cn1. The maximum absolute atomic E-state index is 10.5. The Bertz CT molecular complexity index is 505. The van der Waals surface area contributed by atoms with Gasteiger partial charge in [0, 0.05) is 16.8 Å². The molecule has 0 amide bonds. The third-order valence-corrected chi connectivity index (χ3v) is 2.36. The van der Waals surface area contributed by atoms with Crippen LogP contribution in [0.25, 0.3) is 11.1 Å². The van der Waals surface area contributed by atoms with E-state index in [2.05, 4.69) is 5.10 Å². The van der Waals surface area contributed by atoms with E-state index in [1.165, 1.54) is 4.68 Å². The molecule has 0 unspecified atom stereocenters. The van der Waals surface area contributed by atoms with Crippen molar-refractivity contribution in [2.24, 2.45) is 0 Å². The molecule has 5 heteroatoms. The van der Waals surface area contributed by atoms with Gasteiger partial charge in [0.25, 0.3) is 0 Å². The van der Waals surface area contributed by atoms with Crippen LogP contribution in [0, 0.1) is 0 Å². The molecule has 0 aliphatic heterocycles. The van der Waals surface area contributed by atoms with E-state index >= 15 is 0 Å². The summed E-state index contributed by atoms with van der Waals surface area (Å²) in [5.74, 6) is -0.911. The van der Waals surface area contributed by atoms with Crippen LogP contribution in [0.4, 0.5) is 0 Å². The normalized spacial score (nSPS) is 10.3. The molecule has 1 heterocycles. The van der Waals surface area contributed by atoms with E-state index in [1.54, 1.807) is 24.5 Å². The third-order valence-electron chi connectivity index (χ3n) is 2.11. The minimum atomic E-state index is -0.911. The van der Waals surface area contributed by atoms with E-state index in [4.69, 9.17) is 16.7 Å². The van der Waals surface area contributed by atoms with E-state index < -0.39 is 5.97 Å². The predicted octanol–water partition coefficient (Wildman–Crippen LogP) is 2.29. The highest BCUT2D eigenvalue weighted by Crippen LogP contribution is 2.20.